The second-order valence-electron chi connectivity index (χ2n) is 5.05. The number of aryl methyl sites for hydroxylation is 1. The molecular weight excluding hydrogens is 294 g/mol. The molecule has 1 N–H and O–H groups in total. The number of oxime groups is 1. The van der Waals surface area contributed by atoms with Gasteiger partial charge in [0.25, 0.3) is 0 Å². The number of hydrogen-bond donors (Lipinski definition) is 1. The molecule has 0 heterocycles. The highest BCUT2D eigenvalue weighted by Gasteiger charge is 2.06. The maximum atomic E-state index is 8.60. The summed E-state index contributed by atoms with van der Waals surface area (Å²) in [4.78, 5) is 0. The molecule has 0 aliphatic rings. The predicted octanol–water partition coefficient (Wildman–Crippen LogP) is 3.58. The molecule has 122 valence electrons. The summed E-state index contributed by atoms with van der Waals surface area (Å²) in [5, 5.41) is 11.6. The number of rotatable bonds is 7. The topological polar surface area (TPSA) is 60.3 Å². The van der Waals surface area contributed by atoms with Gasteiger partial charge in [-0.1, -0.05) is 17.3 Å². The van der Waals surface area contributed by atoms with E-state index in [2.05, 4.69) is 18.1 Å². The molecule has 0 aliphatic heterocycles. The van der Waals surface area contributed by atoms with Crippen molar-refractivity contribution in [1.29, 1.82) is 0 Å². The summed E-state index contributed by atoms with van der Waals surface area (Å²) in [6, 6.07) is 11.3. The van der Waals surface area contributed by atoms with Crippen LogP contribution in [-0.2, 0) is 0 Å². The summed E-state index contributed by atoms with van der Waals surface area (Å²) in [6.07, 6.45) is 1.33. The predicted molar refractivity (Wildman–Crippen MR) is 89.3 cm³/mol. The van der Waals surface area contributed by atoms with E-state index in [4.69, 9.17) is 19.4 Å². The van der Waals surface area contributed by atoms with Gasteiger partial charge in [0.15, 0.2) is 11.5 Å². The minimum Gasteiger partial charge on any atom is -0.493 e. The summed E-state index contributed by atoms with van der Waals surface area (Å²) in [6.45, 7) is 4.89. The van der Waals surface area contributed by atoms with Gasteiger partial charge in [0, 0.05) is 5.56 Å². The summed E-state index contributed by atoms with van der Waals surface area (Å²) in [5.74, 6) is 2.06. The lowest BCUT2D eigenvalue weighted by Gasteiger charge is -2.13. The van der Waals surface area contributed by atoms with Crippen LogP contribution in [0.15, 0.2) is 41.6 Å². The Bertz CT molecular complexity index is 683. The van der Waals surface area contributed by atoms with E-state index in [-0.39, 0.29) is 0 Å². The van der Waals surface area contributed by atoms with Crippen LogP contribution in [0, 0.1) is 13.8 Å². The Morgan fingerprint density at radius 2 is 1.74 bits per heavy atom. The number of methoxy groups -OCH3 is 1. The Morgan fingerprint density at radius 3 is 2.43 bits per heavy atom. The van der Waals surface area contributed by atoms with E-state index < -0.39 is 0 Å². The van der Waals surface area contributed by atoms with Gasteiger partial charge in [-0.2, -0.15) is 0 Å². The molecule has 0 fully saturated rings. The average molecular weight is 315 g/mol. The Kier molecular flexibility index (Phi) is 5.86. The van der Waals surface area contributed by atoms with Gasteiger partial charge in [0.1, 0.15) is 19.0 Å². The van der Waals surface area contributed by atoms with Gasteiger partial charge < -0.3 is 19.4 Å². The third-order valence-corrected chi connectivity index (χ3v) is 3.55. The molecule has 2 aromatic rings. The van der Waals surface area contributed by atoms with Gasteiger partial charge in [0.05, 0.1) is 13.3 Å². The molecule has 0 amide bonds. The monoisotopic (exact) mass is 315 g/mol. The van der Waals surface area contributed by atoms with Crippen molar-refractivity contribution in [2.75, 3.05) is 20.3 Å². The number of nitrogens with zero attached hydrogens (tertiary/aromatic N) is 1. The van der Waals surface area contributed by atoms with Crippen molar-refractivity contribution in [3.05, 3.63) is 53.1 Å². The van der Waals surface area contributed by atoms with Crippen LogP contribution in [0.3, 0.4) is 0 Å². The fourth-order valence-electron chi connectivity index (χ4n) is 2.14. The molecule has 5 nitrogen and oxygen atoms in total. The number of ether oxygens (including phenoxy) is 3. The fraction of sp³-hybridized carbons (Fsp3) is 0.278. The lowest BCUT2D eigenvalue weighted by molar-refractivity contribution is 0.210. The van der Waals surface area contributed by atoms with Crippen molar-refractivity contribution in [2.45, 2.75) is 13.8 Å². The standard InChI is InChI=1S/C18H21NO4/c1-13-5-4-6-16(14(13)2)22-9-10-23-18-11-15(12-19-20)7-8-17(18)21-3/h4-8,11-12,20H,9-10H2,1-3H3. The normalized spacial score (nSPS) is 10.7. The second-order valence-corrected chi connectivity index (χ2v) is 5.05. The maximum absolute atomic E-state index is 8.60. The van der Waals surface area contributed by atoms with Crippen LogP contribution in [0.2, 0.25) is 0 Å². The van der Waals surface area contributed by atoms with Crippen LogP contribution < -0.4 is 14.2 Å². The number of benzene rings is 2. The zero-order valence-electron chi connectivity index (χ0n) is 13.6. The molecule has 0 aromatic heterocycles. The smallest absolute Gasteiger partial charge is 0.161 e. The Balaban J connectivity index is 1.95. The van der Waals surface area contributed by atoms with Crippen LogP contribution in [0.4, 0.5) is 0 Å². The lowest BCUT2D eigenvalue weighted by atomic mass is 10.1. The van der Waals surface area contributed by atoms with Gasteiger partial charge >= 0.3 is 0 Å². The van der Waals surface area contributed by atoms with E-state index in [0.29, 0.717) is 24.7 Å². The molecule has 0 aliphatic carbocycles. The van der Waals surface area contributed by atoms with E-state index in [1.54, 1.807) is 25.3 Å². The van der Waals surface area contributed by atoms with Gasteiger partial charge in [-0.15, -0.1) is 0 Å². The molecule has 0 saturated carbocycles. The maximum Gasteiger partial charge on any atom is 0.161 e. The zero-order valence-corrected chi connectivity index (χ0v) is 13.6. The highest BCUT2D eigenvalue weighted by molar-refractivity contribution is 5.80. The van der Waals surface area contributed by atoms with Gasteiger partial charge in [-0.05, 0) is 49.2 Å². The molecule has 0 atom stereocenters. The van der Waals surface area contributed by atoms with Crippen LogP contribution in [0.1, 0.15) is 16.7 Å². The minimum absolute atomic E-state index is 0.378. The number of hydrogen-bond acceptors (Lipinski definition) is 5. The van der Waals surface area contributed by atoms with Gasteiger partial charge in [-0.3, -0.25) is 0 Å². The fourth-order valence-corrected chi connectivity index (χ4v) is 2.14. The van der Waals surface area contributed by atoms with Crippen molar-refractivity contribution < 1.29 is 19.4 Å². The van der Waals surface area contributed by atoms with Crippen molar-refractivity contribution in [3.8, 4) is 17.2 Å². The Morgan fingerprint density at radius 1 is 1.00 bits per heavy atom. The van der Waals surface area contributed by atoms with Crippen molar-refractivity contribution in [2.24, 2.45) is 5.16 Å². The molecule has 2 rings (SSSR count). The molecule has 2 aromatic carbocycles. The lowest BCUT2D eigenvalue weighted by Crippen LogP contribution is -2.10. The highest BCUT2D eigenvalue weighted by atomic mass is 16.5. The summed E-state index contributed by atoms with van der Waals surface area (Å²) in [7, 11) is 1.58. The van der Waals surface area contributed by atoms with E-state index in [9.17, 15) is 0 Å². The first-order valence-electron chi connectivity index (χ1n) is 7.33. The van der Waals surface area contributed by atoms with Crippen molar-refractivity contribution >= 4 is 6.21 Å². The van der Waals surface area contributed by atoms with Crippen LogP contribution in [-0.4, -0.2) is 31.7 Å². The van der Waals surface area contributed by atoms with Gasteiger partial charge in [0.2, 0.25) is 0 Å². The first-order chi connectivity index (χ1) is 11.2. The molecule has 0 bridgehead atoms. The first kappa shape index (κ1) is 16.7. The molecule has 0 spiro atoms. The molecule has 5 heteroatoms. The summed E-state index contributed by atoms with van der Waals surface area (Å²) >= 11 is 0. The molecule has 0 saturated heterocycles. The largest absolute Gasteiger partial charge is 0.493 e. The highest BCUT2D eigenvalue weighted by Crippen LogP contribution is 2.27. The average Bonchev–Trinajstić information content (AvgIpc) is 2.56. The first-order valence-corrected chi connectivity index (χ1v) is 7.33. The van der Waals surface area contributed by atoms with Crippen LogP contribution >= 0.6 is 0 Å². The second kappa shape index (κ2) is 8.08. The molecule has 0 radical (unpaired) electrons. The minimum atomic E-state index is 0.378. The van der Waals surface area contributed by atoms with Gasteiger partial charge in [-0.25, -0.2) is 0 Å². The van der Waals surface area contributed by atoms with E-state index >= 15 is 0 Å². The Labute approximate surface area is 136 Å². The molecular formula is C18H21NO4. The van der Waals surface area contributed by atoms with E-state index in [1.807, 2.05) is 19.1 Å². The summed E-state index contributed by atoms with van der Waals surface area (Å²) < 4.78 is 16.7. The zero-order chi connectivity index (χ0) is 16.7. The SMILES string of the molecule is COc1ccc(C=NO)cc1OCCOc1cccc(C)c1C. The molecule has 23 heavy (non-hydrogen) atoms. The van der Waals surface area contributed by atoms with E-state index in [0.717, 1.165) is 16.9 Å². The quantitative estimate of drug-likeness (QED) is 0.367. The van der Waals surface area contributed by atoms with Crippen LogP contribution in [0.5, 0.6) is 17.2 Å². The third kappa shape index (κ3) is 4.39. The summed E-state index contributed by atoms with van der Waals surface area (Å²) in [5.41, 5.74) is 3.05. The Hall–Kier alpha value is -2.69. The van der Waals surface area contributed by atoms with E-state index in [1.165, 1.54) is 11.8 Å². The third-order valence-electron chi connectivity index (χ3n) is 3.55. The van der Waals surface area contributed by atoms with Crippen LogP contribution in [0.25, 0.3) is 0 Å². The van der Waals surface area contributed by atoms with Crippen molar-refractivity contribution in [3.63, 3.8) is 0 Å². The van der Waals surface area contributed by atoms with Crippen molar-refractivity contribution in [1.82, 2.24) is 0 Å². The molecule has 0 unspecified atom stereocenters.